The zero-order valence-electron chi connectivity index (χ0n) is 20.0. The number of alkyl halides is 3. The van der Waals surface area contributed by atoms with E-state index in [-0.39, 0.29) is 34.8 Å². The first-order chi connectivity index (χ1) is 17.8. The molecule has 1 saturated carbocycles. The highest BCUT2D eigenvalue weighted by molar-refractivity contribution is 6.04. The summed E-state index contributed by atoms with van der Waals surface area (Å²) in [4.78, 5) is 14.9. The number of hydrogen-bond acceptors (Lipinski definition) is 6. The molecule has 0 unspecified atom stereocenters. The van der Waals surface area contributed by atoms with Crippen molar-refractivity contribution in [1.82, 2.24) is 15.1 Å². The van der Waals surface area contributed by atoms with Crippen molar-refractivity contribution in [2.75, 3.05) is 23.7 Å². The van der Waals surface area contributed by atoms with E-state index >= 15 is 0 Å². The molecular weight excluding hydrogens is 490 g/mol. The smallest absolute Gasteiger partial charge is 0.403 e. The van der Waals surface area contributed by atoms with E-state index in [9.17, 15) is 22.4 Å². The number of carbonyl (C=O) groups excluding carboxylic acids is 1. The van der Waals surface area contributed by atoms with Crippen molar-refractivity contribution in [2.24, 2.45) is 0 Å². The molecule has 2 N–H and O–H groups in total. The zero-order valence-corrected chi connectivity index (χ0v) is 20.0. The Labute approximate surface area is 211 Å². The van der Waals surface area contributed by atoms with Gasteiger partial charge in [-0.25, -0.2) is 4.39 Å². The van der Waals surface area contributed by atoms with Crippen molar-refractivity contribution in [2.45, 2.75) is 56.8 Å². The molecule has 3 aromatic rings. The van der Waals surface area contributed by atoms with Crippen LogP contribution in [0.1, 0.15) is 54.4 Å². The number of carbonyl (C=O) groups is 1. The van der Waals surface area contributed by atoms with Gasteiger partial charge in [-0.15, -0.1) is 5.10 Å². The van der Waals surface area contributed by atoms with Crippen molar-refractivity contribution in [3.63, 3.8) is 0 Å². The number of nitrogens with one attached hydrogen (secondary N) is 2. The highest BCUT2D eigenvalue weighted by atomic mass is 19.4. The second kappa shape index (κ2) is 10.5. The van der Waals surface area contributed by atoms with E-state index in [2.05, 4.69) is 25.7 Å². The van der Waals surface area contributed by atoms with Crippen molar-refractivity contribution in [1.29, 1.82) is 0 Å². The molecule has 37 heavy (non-hydrogen) atoms. The second-order valence-corrected chi connectivity index (χ2v) is 9.50. The third-order valence-corrected chi connectivity index (χ3v) is 7.04. The monoisotopic (exact) mass is 517 g/mol. The van der Waals surface area contributed by atoms with Crippen LogP contribution in [0.2, 0.25) is 0 Å². The van der Waals surface area contributed by atoms with Crippen molar-refractivity contribution in [3.8, 4) is 11.5 Å². The van der Waals surface area contributed by atoms with Gasteiger partial charge in [0.15, 0.2) is 0 Å². The number of amides is 1. The average Bonchev–Trinajstić information content (AvgIpc) is 3.57. The summed E-state index contributed by atoms with van der Waals surface area (Å²) in [6.45, 7) is 2.31. The summed E-state index contributed by atoms with van der Waals surface area (Å²) in [6.07, 6.45) is 1.69. The fourth-order valence-electron chi connectivity index (χ4n) is 5.14. The lowest BCUT2D eigenvalue weighted by molar-refractivity contribution is -0.137. The van der Waals surface area contributed by atoms with Crippen LogP contribution in [0, 0.1) is 5.82 Å². The Morgan fingerprint density at radius 1 is 1.00 bits per heavy atom. The van der Waals surface area contributed by atoms with E-state index in [1.807, 2.05) is 0 Å². The average molecular weight is 518 g/mol. The molecule has 2 aliphatic rings. The maximum absolute atomic E-state index is 13.9. The minimum Gasteiger partial charge on any atom is -0.403 e. The van der Waals surface area contributed by atoms with Crippen LogP contribution in [-0.2, 0) is 6.18 Å². The Hall–Kier alpha value is -3.47. The maximum atomic E-state index is 13.9. The van der Waals surface area contributed by atoms with Gasteiger partial charge in [0.2, 0.25) is 5.89 Å². The lowest BCUT2D eigenvalue weighted by atomic mass is 9.90. The van der Waals surface area contributed by atoms with E-state index in [0.717, 1.165) is 57.0 Å². The van der Waals surface area contributed by atoms with Gasteiger partial charge in [-0.05, 0) is 81.9 Å². The van der Waals surface area contributed by atoms with Crippen LogP contribution in [0.4, 0.5) is 29.3 Å². The van der Waals surface area contributed by atoms with E-state index < -0.39 is 23.5 Å². The van der Waals surface area contributed by atoms with Crippen LogP contribution >= 0.6 is 0 Å². The number of hydrogen-bond donors (Lipinski definition) is 2. The SMILES string of the molecule is O=C(Nc1ccc(-c2nnc(NC3CCC(N4CCCC4)CC3)o2)c(C(F)(F)F)c1)c1ccccc1F. The lowest BCUT2D eigenvalue weighted by Crippen LogP contribution is -2.38. The van der Waals surface area contributed by atoms with Gasteiger partial charge >= 0.3 is 12.2 Å². The van der Waals surface area contributed by atoms with Gasteiger partial charge in [-0.1, -0.05) is 17.2 Å². The Morgan fingerprint density at radius 3 is 2.43 bits per heavy atom. The van der Waals surface area contributed by atoms with Crippen LogP contribution in [0.25, 0.3) is 11.5 Å². The fourth-order valence-corrected chi connectivity index (χ4v) is 5.14. The fraction of sp³-hybridized carbons (Fsp3) is 0.423. The Morgan fingerprint density at radius 2 is 1.73 bits per heavy atom. The van der Waals surface area contributed by atoms with Crippen LogP contribution in [0.3, 0.4) is 0 Å². The summed E-state index contributed by atoms with van der Waals surface area (Å²) < 4.78 is 61.1. The molecule has 0 spiro atoms. The van der Waals surface area contributed by atoms with Gasteiger partial charge in [-0.2, -0.15) is 13.2 Å². The number of halogens is 4. The summed E-state index contributed by atoms with van der Waals surface area (Å²) in [5, 5.41) is 13.2. The predicted octanol–water partition coefficient (Wildman–Crippen LogP) is 5.97. The molecule has 5 rings (SSSR count). The molecule has 0 radical (unpaired) electrons. The number of aromatic nitrogens is 2. The number of benzene rings is 2. The van der Waals surface area contributed by atoms with Crippen LogP contribution in [-0.4, -0.2) is 46.2 Å². The molecular formula is C26H27F4N5O2. The Bertz CT molecular complexity index is 1250. The Balaban J connectivity index is 1.28. The molecule has 196 valence electrons. The second-order valence-electron chi connectivity index (χ2n) is 9.50. The quantitative estimate of drug-likeness (QED) is 0.393. The molecule has 2 fully saturated rings. The zero-order chi connectivity index (χ0) is 26.0. The third kappa shape index (κ3) is 5.76. The highest BCUT2D eigenvalue weighted by Gasteiger charge is 2.36. The molecule has 1 aliphatic carbocycles. The summed E-state index contributed by atoms with van der Waals surface area (Å²) in [7, 11) is 0. The largest absolute Gasteiger partial charge is 0.417 e. The normalized spacial score (nSPS) is 20.6. The van der Waals surface area contributed by atoms with E-state index in [4.69, 9.17) is 4.42 Å². The van der Waals surface area contributed by atoms with E-state index in [0.29, 0.717) is 6.04 Å². The summed E-state index contributed by atoms with van der Waals surface area (Å²) >= 11 is 0. The molecule has 1 aliphatic heterocycles. The van der Waals surface area contributed by atoms with Gasteiger partial charge in [0.05, 0.1) is 16.7 Å². The highest BCUT2D eigenvalue weighted by Crippen LogP contribution is 2.39. The summed E-state index contributed by atoms with van der Waals surface area (Å²) in [5.41, 5.74) is -1.78. The molecule has 0 bridgehead atoms. The van der Waals surface area contributed by atoms with Gasteiger partial charge in [0.25, 0.3) is 5.91 Å². The predicted molar refractivity (Wildman–Crippen MR) is 130 cm³/mol. The molecule has 1 amide bonds. The van der Waals surface area contributed by atoms with E-state index in [1.165, 1.54) is 37.1 Å². The maximum Gasteiger partial charge on any atom is 0.417 e. The first kappa shape index (κ1) is 25.2. The van der Waals surface area contributed by atoms with Crippen molar-refractivity contribution < 1.29 is 26.8 Å². The number of rotatable bonds is 6. The van der Waals surface area contributed by atoms with Gasteiger partial charge in [0.1, 0.15) is 5.82 Å². The van der Waals surface area contributed by atoms with Crippen LogP contribution < -0.4 is 10.6 Å². The van der Waals surface area contributed by atoms with Crippen LogP contribution in [0.15, 0.2) is 46.9 Å². The minimum absolute atomic E-state index is 0.0738. The lowest BCUT2D eigenvalue weighted by Gasteiger charge is -2.34. The first-order valence-corrected chi connectivity index (χ1v) is 12.4. The molecule has 1 aromatic heterocycles. The summed E-state index contributed by atoms with van der Waals surface area (Å²) in [6, 6.07) is 9.19. The topological polar surface area (TPSA) is 83.3 Å². The van der Waals surface area contributed by atoms with Crippen LogP contribution in [0.5, 0.6) is 0 Å². The van der Waals surface area contributed by atoms with Gasteiger partial charge in [0, 0.05) is 17.8 Å². The molecule has 1 saturated heterocycles. The molecule has 11 heteroatoms. The van der Waals surface area contributed by atoms with Gasteiger partial charge < -0.3 is 20.0 Å². The molecule has 7 nitrogen and oxygen atoms in total. The number of nitrogens with zero attached hydrogens (tertiary/aromatic N) is 3. The molecule has 0 atom stereocenters. The van der Waals surface area contributed by atoms with Crippen molar-refractivity contribution >= 4 is 17.6 Å². The number of anilines is 2. The third-order valence-electron chi connectivity index (χ3n) is 7.04. The molecule has 2 aromatic carbocycles. The first-order valence-electron chi connectivity index (χ1n) is 12.4. The number of likely N-dealkylation sites (tertiary alicyclic amines) is 1. The van der Waals surface area contributed by atoms with Crippen molar-refractivity contribution in [3.05, 3.63) is 59.4 Å². The summed E-state index contributed by atoms with van der Waals surface area (Å²) in [5.74, 6) is -1.92. The van der Waals surface area contributed by atoms with E-state index in [1.54, 1.807) is 0 Å². The Kier molecular flexibility index (Phi) is 7.14. The molecule has 2 heterocycles. The van der Waals surface area contributed by atoms with Gasteiger partial charge in [-0.3, -0.25) is 4.79 Å². The standard InChI is InChI=1S/C26H27F4N5O2/c27-22-6-2-1-5-20(22)23(36)31-17-9-12-19(21(15-17)26(28,29)30)24-33-34-25(37-24)32-16-7-10-18(11-8-16)35-13-3-4-14-35/h1-2,5-6,9,12,15-16,18H,3-4,7-8,10-11,13-14H2,(H,31,36)(H,32,34). The minimum atomic E-state index is -4.76.